The maximum atomic E-state index is 11.9. The van der Waals surface area contributed by atoms with Gasteiger partial charge in [0.05, 0.1) is 18.1 Å². The van der Waals surface area contributed by atoms with Crippen molar-refractivity contribution in [3.8, 4) is 5.75 Å². The van der Waals surface area contributed by atoms with E-state index in [1.54, 1.807) is 21.0 Å². The Balaban J connectivity index is 2.69. The second-order valence-electron chi connectivity index (χ2n) is 5.32. The molecule has 1 atom stereocenters. The van der Waals surface area contributed by atoms with Gasteiger partial charge in [-0.25, -0.2) is 8.42 Å². The second kappa shape index (κ2) is 7.64. The third kappa shape index (κ3) is 4.80. The monoisotopic (exact) mass is 299 g/mol. The van der Waals surface area contributed by atoms with E-state index in [0.717, 1.165) is 17.7 Å². The van der Waals surface area contributed by atoms with Gasteiger partial charge in [0.25, 0.3) is 0 Å². The van der Waals surface area contributed by atoms with Crippen LogP contribution in [0.15, 0.2) is 24.3 Å². The van der Waals surface area contributed by atoms with Crippen molar-refractivity contribution in [1.29, 1.82) is 0 Å². The van der Waals surface area contributed by atoms with Gasteiger partial charge in [0, 0.05) is 0 Å². The quantitative estimate of drug-likeness (QED) is 0.797. The zero-order valence-corrected chi connectivity index (χ0v) is 13.3. The Kier molecular flexibility index (Phi) is 6.49. The Hall–Kier alpha value is -1.07. The van der Waals surface area contributed by atoms with E-state index >= 15 is 0 Å². The van der Waals surface area contributed by atoms with Gasteiger partial charge in [0.15, 0.2) is 9.84 Å². The summed E-state index contributed by atoms with van der Waals surface area (Å²) in [6, 6.07) is 7.78. The van der Waals surface area contributed by atoms with Gasteiger partial charge in [-0.2, -0.15) is 0 Å². The third-order valence-electron chi connectivity index (χ3n) is 3.56. The van der Waals surface area contributed by atoms with Crippen LogP contribution < -0.4 is 10.5 Å². The van der Waals surface area contributed by atoms with Crippen LogP contribution in [0.25, 0.3) is 0 Å². The molecule has 1 rings (SSSR count). The highest BCUT2D eigenvalue weighted by Gasteiger charge is 2.19. The number of hydrogen-bond acceptors (Lipinski definition) is 4. The minimum Gasteiger partial charge on any atom is -0.496 e. The topological polar surface area (TPSA) is 69.4 Å². The number of ether oxygens (including phenoxy) is 1. The Morgan fingerprint density at radius 2 is 1.90 bits per heavy atom. The van der Waals surface area contributed by atoms with Crippen molar-refractivity contribution < 1.29 is 13.2 Å². The van der Waals surface area contributed by atoms with E-state index in [4.69, 9.17) is 10.5 Å². The minimum atomic E-state index is -3.00. The van der Waals surface area contributed by atoms with E-state index in [0.29, 0.717) is 13.0 Å². The molecular formula is C15H25NO3S. The van der Waals surface area contributed by atoms with Crippen LogP contribution in [0, 0.1) is 5.92 Å². The molecule has 1 aromatic carbocycles. The number of nitrogens with two attached hydrogens (primary N) is 1. The van der Waals surface area contributed by atoms with Crippen LogP contribution in [0.4, 0.5) is 0 Å². The first-order valence-corrected chi connectivity index (χ1v) is 8.65. The number of benzene rings is 1. The van der Waals surface area contributed by atoms with Gasteiger partial charge in [0.1, 0.15) is 5.75 Å². The van der Waals surface area contributed by atoms with Crippen LogP contribution in [0.1, 0.15) is 25.8 Å². The van der Waals surface area contributed by atoms with E-state index < -0.39 is 9.84 Å². The molecule has 4 nitrogen and oxygen atoms in total. The maximum absolute atomic E-state index is 11.9. The molecule has 0 radical (unpaired) electrons. The normalized spacial score (nSPS) is 13.4. The van der Waals surface area contributed by atoms with Gasteiger partial charge in [0.2, 0.25) is 0 Å². The van der Waals surface area contributed by atoms with Crippen LogP contribution in [0.5, 0.6) is 5.75 Å². The molecule has 0 heterocycles. The summed E-state index contributed by atoms with van der Waals surface area (Å²) in [5.74, 6) is 1.18. The van der Waals surface area contributed by atoms with Crippen molar-refractivity contribution in [2.75, 3.05) is 19.4 Å². The van der Waals surface area contributed by atoms with Crippen molar-refractivity contribution in [2.45, 2.75) is 31.9 Å². The van der Waals surface area contributed by atoms with Crippen LogP contribution in [0.3, 0.4) is 0 Å². The molecule has 0 saturated carbocycles. The van der Waals surface area contributed by atoms with Crippen LogP contribution in [-0.4, -0.2) is 33.1 Å². The molecule has 0 bridgehead atoms. The lowest BCUT2D eigenvalue weighted by molar-refractivity contribution is 0.403. The second-order valence-corrected chi connectivity index (χ2v) is 8.00. The van der Waals surface area contributed by atoms with Crippen molar-refractivity contribution >= 4 is 9.84 Å². The van der Waals surface area contributed by atoms with Gasteiger partial charge in [-0.05, 0) is 50.8 Å². The molecule has 1 aromatic rings. The summed E-state index contributed by atoms with van der Waals surface area (Å²) in [6.45, 7) is 3.91. The lowest BCUT2D eigenvalue weighted by Gasteiger charge is -2.17. The number of para-hydroxylation sites is 1. The smallest absolute Gasteiger partial charge is 0.152 e. The van der Waals surface area contributed by atoms with E-state index in [9.17, 15) is 8.42 Å². The lowest BCUT2D eigenvalue weighted by atomic mass is 9.96. The molecular weight excluding hydrogens is 274 g/mol. The molecule has 0 aliphatic carbocycles. The zero-order valence-electron chi connectivity index (χ0n) is 12.5. The fourth-order valence-electron chi connectivity index (χ4n) is 2.05. The predicted molar refractivity (Wildman–Crippen MR) is 82.8 cm³/mol. The Bertz CT molecular complexity index is 512. The van der Waals surface area contributed by atoms with Crippen molar-refractivity contribution in [3.63, 3.8) is 0 Å². The van der Waals surface area contributed by atoms with E-state index in [1.807, 2.05) is 24.3 Å². The molecule has 0 fully saturated rings. The summed E-state index contributed by atoms with van der Waals surface area (Å²) in [6.07, 6.45) is 1.34. The van der Waals surface area contributed by atoms with Gasteiger partial charge in [-0.1, -0.05) is 18.2 Å². The summed E-state index contributed by atoms with van der Waals surface area (Å²) < 4.78 is 29.0. The Morgan fingerprint density at radius 1 is 1.25 bits per heavy atom. The van der Waals surface area contributed by atoms with Crippen molar-refractivity contribution in [3.05, 3.63) is 29.8 Å². The molecule has 0 amide bonds. The van der Waals surface area contributed by atoms with Gasteiger partial charge < -0.3 is 10.5 Å². The highest BCUT2D eigenvalue weighted by atomic mass is 32.2. The summed E-state index contributed by atoms with van der Waals surface area (Å²) >= 11 is 0. The summed E-state index contributed by atoms with van der Waals surface area (Å²) in [5, 5.41) is -0.327. The molecule has 5 heteroatoms. The minimum absolute atomic E-state index is 0.153. The lowest BCUT2D eigenvalue weighted by Crippen LogP contribution is -2.24. The highest BCUT2D eigenvalue weighted by Crippen LogP contribution is 2.22. The highest BCUT2D eigenvalue weighted by molar-refractivity contribution is 7.91. The summed E-state index contributed by atoms with van der Waals surface area (Å²) in [4.78, 5) is 0. The zero-order chi connectivity index (χ0) is 15.2. The maximum Gasteiger partial charge on any atom is 0.152 e. The predicted octanol–water partition coefficient (Wildman–Crippen LogP) is 2.03. The fraction of sp³-hybridized carbons (Fsp3) is 0.600. The fourth-order valence-corrected chi connectivity index (χ4v) is 3.19. The molecule has 20 heavy (non-hydrogen) atoms. The molecule has 114 valence electrons. The molecule has 0 aliphatic heterocycles. The van der Waals surface area contributed by atoms with Crippen molar-refractivity contribution in [2.24, 2.45) is 11.7 Å². The number of hydrogen-bond donors (Lipinski definition) is 1. The summed E-state index contributed by atoms with van der Waals surface area (Å²) in [7, 11) is -1.36. The first-order valence-electron chi connectivity index (χ1n) is 6.94. The molecule has 0 aromatic heterocycles. The van der Waals surface area contributed by atoms with Crippen LogP contribution >= 0.6 is 0 Å². The molecule has 0 spiro atoms. The Morgan fingerprint density at radius 3 is 2.45 bits per heavy atom. The average molecular weight is 299 g/mol. The number of rotatable bonds is 8. The Labute approximate surface area is 122 Å². The molecule has 0 aliphatic rings. The first-order chi connectivity index (χ1) is 9.40. The first kappa shape index (κ1) is 17.0. The van der Waals surface area contributed by atoms with E-state index in [-0.39, 0.29) is 16.9 Å². The van der Waals surface area contributed by atoms with Gasteiger partial charge in [-0.3, -0.25) is 0 Å². The largest absolute Gasteiger partial charge is 0.496 e. The SMILES string of the molecule is COc1ccccc1CC(CN)CCS(=O)(=O)C(C)C. The van der Waals surface area contributed by atoms with Gasteiger partial charge in [-0.15, -0.1) is 0 Å². The average Bonchev–Trinajstić information content (AvgIpc) is 2.43. The number of methoxy groups -OCH3 is 1. The molecule has 1 unspecified atom stereocenters. The third-order valence-corrected chi connectivity index (χ3v) is 5.80. The van der Waals surface area contributed by atoms with E-state index in [1.165, 1.54) is 0 Å². The molecule has 0 saturated heterocycles. The standard InChI is InChI=1S/C15H25NO3S/c1-12(2)20(17,18)9-8-13(11-16)10-14-6-4-5-7-15(14)19-3/h4-7,12-13H,8-11,16H2,1-3H3. The van der Waals surface area contributed by atoms with Crippen molar-refractivity contribution in [1.82, 2.24) is 0 Å². The van der Waals surface area contributed by atoms with Crippen LogP contribution in [0.2, 0.25) is 0 Å². The number of sulfone groups is 1. The van der Waals surface area contributed by atoms with E-state index in [2.05, 4.69) is 0 Å². The summed E-state index contributed by atoms with van der Waals surface area (Å²) in [5.41, 5.74) is 6.86. The van der Waals surface area contributed by atoms with Crippen LogP contribution in [-0.2, 0) is 16.3 Å². The molecule has 2 N–H and O–H groups in total. The van der Waals surface area contributed by atoms with Gasteiger partial charge >= 0.3 is 0 Å².